The molecular formula is C43H32F6N4O2. The number of benzene rings is 5. The minimum Gasteiger partial charge on any atom is -0.472 e. The van der Waals surface area contributed by atoms with Crippen molar-refractivity contribution in [3.8, 4) is 28.3 Å². The summed E-state index contributed by atoms with van der Waals surface area (Å²) in [5, 5.41) is 1.94. The maximum atomic E-state index is 13.6. The molecule has 9 rings (SSSR count). The predicted molar refractivity (Wildman–Crippen MR) is 197 cm³/mol. The molecule has 55 heavy (non-hydrogen) atoms. The lowest BCUT2D eigenvalue weighted by atomic mass is 9.76. The van der Waals surface area contributed by atoms with E-state index in [0.29, 0.717) is 24.5 Å². The van der Waals surface area contributed by atoms with Crippen LogP contribution in [0.25, 0.3) is 39.4 Å². The number of aromatic nitrogens is 3. The molecule has 0 N–H and O–H groups in total. The Hall–Kier alpha value is -5.75. The third-order valence-corrected chi connectivity index (χ3v) is 10.8. The second-order valence-electron chi connectivity index (χ2n) is 14.4. The van der Waals surface area contributed by atoms with Crippen molar-refractivity contribution in [3.63, 3.8) is 0 Å². The van der Waals surface area contributed by atoms with Crippen molar-refractivity contribution < 1.29 is 35.8 Å². The molecule has 2 aliphatic heterocycles. The molecule has 1 saturated heterocycles. The number of fused-ring (bicyclic) bond motifs is 8. The Bertz CT molecular complexity index is 2470. The Kier molecular flexibility index (Phi) is 7.88. The van der Waals surface area contributed by atoms with Crippen molar-refractivity contribution in [2.45, 2.75) is 37.2 Å². The van der Waals surface area contributed by atoms with Gasteiger partial charge < -0.3 is 14.4 Å². The summed E-state index contributed by atoms with van der Waals surface area (Å²) in [6.45, 7) is 7.15. The van der Waals surface area contributed by atoms with Crippen LogP contribution in [0, 0.1) is 0 Å². The number of alkyl halides is 6. The molecule has 3 heterocycles. The first-order chi connectivity index (χ1) is 26.3. The van der Waals surface area contributed by atoms with Crippen molar-refractivity contribution in [2.75, 3.05) is 31.2 Å². The van der Waals surface area contributed by atoms with Crippen LogP contribution in [0.1, 0.15) is 53.3 Å². The zero-order valence-corrected chi connectivity index (χ0v) is 29.6. The maximum absolute atomic E-state index is 13.6. The van der Waals surface area contributed by atoms with Crippen molar-refractivity contribution in [2.24, 2.45) is 0 Å². The predicted octanol–water partition coefficient (Wildman–Crippen LogP) is 10.2. The van der Waals surface area contributed by atoms with E-state index in [4.69, 9.17) is 9.47 Å². The van der Waals surface area contributed by atoms with Crippen molar-refractivity contribution in [3.05, 3.63) is 143 Å². The van der Waals surface area contributed by atoms with Crippen LogP contribution >= 0.6 is 0 Å². The van der Waals surface area contributed by atoms with E-state index >= 15 is 0 Å². The quantitative estimate of drug-likeness (QED) is 0.167. The highest BCUT2D eigenvalue weighted by molar-refractivity contribution is 6.08. The molecular weight excluding hydrogens is 718 g/mol. The van der Waals surface area contributed by atoms with Gasteiger partial charge in [-0.05, 0) is 45.8 Å². The standard InChI is InChI=1S/C43H32F6N4O2/c1-40(2)33-10-6-5-9-31(33)34-29-7-3-4-8-30(29)36-32(35(34)40)19-20-41(55-36,27-15-17-28(18-16-27)53-21-23-54-24-22-53)26-13-11-25(12-14-26)37-50-38(42(44,45)46)52-39(51-37)43(47,48)49/h3-20H,21-24H2,1-2H3. The fourth-order valence-corrected chi connectivity index (χ4v) is 8.25. The average molecular weight is 751 g/mol. The van der Waals surface area contributed by atoms with Gasteiger partial charge in [-0.25, -0.2) is 15.0 Å². The molecule has 1 unspecified atom stereocenters. The zero-order chi connectivity index (χ0) is 38.3. The minimum atomic E-state index is -5.22. The smallest absolute Gasteiger partial charge is 0.451 e. The van der Waals surface area contributed by atoms with E-state index < -0.39 is 35.4 Å². The van der Waals surface area contributed by atoms with E-state index in [1.54, 1.807) is 12.1 Å². The van der Waals surface area contributed by atoms with E-state index in [1.165, 1.54) is 23.3 Å². The maximum Gasteiger partial charge on any atom is 0.451 e. The lowest BCUT2D eigenvalue weighted by Gasteiger charge is -2.39. The van der Waals surface area contributed by atoms with Crippen molar-refractivity contribution >= 4 is 22.5 Å². The SMILES string of the molecule is CC1(C)c2ccccc2-c2c1c1c(c3ccccc23)OC(c2ccc(-c3nc(C(F)(F)F)nc(C(F)(F)F)n3)cc2)(c2ccc(N3CCOCC3)cc2)C=C1. The number of ether oxygens (including phenoxy) is 2. The molecule has 3 aliphatic rings. The molecule has 0 saturated carbocycles. The first kappa shape index (κ1) is 35.0. The van der Waals surface area contributed by atoms with Crippen molar-refractivity contribution in [1.29, 1.82) is 0 Å². The molecule has 0 bridgehead atoms. The van der Waals surface area contributed by atoms with Crippen LogP contribution in [0.3, 0.4) is 0 Å². The Balaban J connectivity index is 1.22. The third-order valence-electron chi connectivity index (χ3n) is 10.8. The number of rotatable bonds is 4. The van der Waals surface area contributed by atoms with Crippen LogP contribution in [0.15, 0.2) is 103 Å². The van der Waals surface area contributed by atoms with E-state index in [-0.39, 0.29) is 11.0 Å². The Labute approximate surface area is 312 Å². The number of halogens is 6. The van der Waals surface area contributed by atoms with Gasteiger partial charge in [0.2, 0.25) is 11.6 Å². The van der Waals surface area contributed by atoms with Gasteiger partial charge in [-0.2, -0.15) is 26.3 Å². The molecule has 0 amide bonds. The highest BCUT2D eigenvalue weighted by Crippen LogP contribution is 2.58. The Morgan fingerprint density at radius 2 is 1.25 bits per heavy atom. The highest BCUT2D eigenvalue weighted by atomic mass is 19.4. The molecule has 1 aliphatic carbocycles. The summed E-state index contributed by atoms with van der Waals surface area (Å²) in [5.41, 5.74) is 6.32. The van der Waals surface area contributed by atoms with Crippen LogP contribution in [0.2, 0.25) is 0 Å². The summed E-state index contributed by atoms with van der Waals surface area (Å²) in [7, 11) is 0. The fourth-order valence-electron chi connectivity index (χ4n) is 8.25. The number of nitrogens with zero attached hydrogens (tertiary/aromatic N) is 4. The third kappa shape index (κ3) is 5.64. The molecule has 12 heteroatoms. The molecule has 6 aromatic rings. The molecule has 1 fully saturated rings. The molecule has 278 valence electrons. The summed E-state index contributed by atoms with van der Waals surface area (Å²) in [6.07, 6.45) is -6.38. The van der Waals surface area contributed by atoms with Gasteiger partial charge in [0, 0.05) is 51.8 Å². The molecule has 1 atom stereocenters. The first-order valence-corrected chi connectivity index (χ1v) is 17.8. The molecule has 1 aromatic heterocycles. The van der Waals surface area contributed by atoms with E-state index in [1.807, 2.05) is 60.7 Å². The van der Waals surface area contributed by atoms with Crippen LogP contribution in [-0.2, 0) is 28.1 Å². The van der Waals surface area contributed by atoms with Gasteiger partial charge in [0.05, 0.1) is 13.2 Å². The molecule has 0 spiro atoms. The number of anilines is 1. The monoisotopic (exact) mass is 750 g/mol. The molecule has 0 radical (unpaired) electrons. The summed E-state index contributed by atoms with van der Waals surface area (Å²) in [4.78, 5) is 11.7. The molecule has 5 aromatic carbocycles. The lowest BCUT2D eigenvalue weighted by molar-refractivity contribution is -0.155. The largest absolute Gasteiger partial charge is 0.472 e. The zero-order valence-electron chi connectivity index (χ0n) is 29.6. The Morgan fingerprint density at radius 3 is 1.89 bits per heavy atom. The Morgan fingerprint density at radius 1 is 0.673 bits per heavy atom. The number of hydrogen-bond acceptors (Lipinski definition) is 6. The van der Waals surface area contributed by atoms with Gasteiger partial charge >= 0.3 is 12.4 Å². The number of hydrogen-bond donors (Lipinski definition) is 0. The summed E-state index contributed by atoms with van der Waals surface area (Å²) >= 11 is 0. The second-order valence-corrected chi connectivity index (χ2v) is 14.4. The van der Waals surface area contributed by atoms with E-state index in [9.17, 15) is 26.3 Å². The van der Waals surface area contributed by atoms with Gasteiger partial charge in [0.15, 0.2) is 11.4 Å². The normalized spacial score (nSPS) is 18.8. The van der Waals surface area contributed by atoms with Crippen LogP contribution in [0.4, 0.5) is 32.0 Å². The minimum absolute atomic E-state index is 0.0528. The van der Waals surface area contributed by atoms with E-state index in [2.05, 4.69) is 58.0 Å². The average Bonchev–Trinajstić information content (AvgIpc) is 3.44. The van der Waals surface area contributed by atoms with Gasteiger partial charge in [-0.15, -0.1) is 0 Å². The summed E-state index contributed by atoms with van der Waals surface area (Å²) in [5.74, 6) is -3.93. The van der Waals surface area contributed by atoms with Gasteiger partial charge in [-0.1, -0.05) is 105 Å². The van der Waals surface area contributed by atoms with Crippen LogP contribution in [-0.4, -0.2) is 41.3 Å². The molecule has 6 nitrogen and oxygen atoms in total. The van der Waals surface area contributed by atoms with Crippen LogP contribution < -0.4 is 9.64 Å². The van der Waals surface area contributed by atoms with E-state index in [0.717, 1.165) is 51.8 Å². The topological polar surface area (TPSA) is 60.4 Å². The van der Waals surface area contributed by atoms with Gasteiger partial charge in [0.25, 0.3) is 0 Å². The summed E-state index contributed by atoms with van der Waals surface area (Å²) in [6, 6.07) is 30.6. The van der Waals surface area contributed by atoms with Crippen LogP contribution in [0.5, 0.6) is 5.75 Å². The first-order valence-electron chi connectivity index (χ1n) is 17.8. The second kappa shape index (κ2) is 12.4. The van der Waals surface area contributed by atoms with Crippen molar-refractivity contribution in [1.82, 2.24) is 15.0 Å². The lowest BCUT2D eigenvalue weighted by Crippen LogP contribution is -2.37. The fraction of sp³-hybridized carbons (Fsp3) is 0.233. The number of morpholine rings is 1. The van der Waals surface area contributed by atoms with Gasteiger partial charge in [-0.3, -0.25) is 0 Å². The van der Waals surface area contributed by atoms with Gasteiger partial charge in [0.1, 0.15) is 5.75 Å². The summed E-state index contributed by atoms with van der Waals surface area (Å²) < 4.78 is 94.7. The highest BCUT2D eigenvalue weighted by Gasteiger charge is 2.45.